The molecule has 1 fully saturated rings. The van der Waals surface area contributed by atoms with Gasteiger partial charge in [0.25, 0.3) is 0 Å². The maximum Gasteiger partial charge on any atom is 0.0815 e. The molecular weight excluding hydrogens is 216 g/mol. The summed E-state index contributed by atoms with van der Waals surface area (Å²) in [6, 6.07) is 4.71. The number of thiazole rings is 1. The molecule has 16 heavy (non-hydrogen) atoms. The molecule has 1 aromatic heterocycles. The molecule has 2 heterocycles. The normalized spacial score (nSPS) is 31.9. The first-order valence-electron chi connectivity index (χ1n) is 5.85. The predicted octanol–water partition coefficient (Wildman–Crippen LogP) is 2.64. The Hall–Kier alpha value is -0.930. The summed E-state index contributed by atoms with van der Waals surface area (Å²) in [6.07, 6.45) is 1.31. The summed E-state index contributed by atoms with van der Waals surface area (Å²) in [4.78, 5) is 4.43. The van der Waals surface area contributed by atoms with E-state index in [9.17, 15) is 0 Å². The Morgan fingerprint density at radius 1 is 1.50 bits per heavy atom. The van der Waals surface area contributed by atoms with Crippen LogP contribution in [0.2, 0.25) is 0 Å². The molecule has 0 radical (unpaired) electrons. The van der Waals surface area contributed by atoms with Crippen LogP contribution in [0.25, 0.3) is 10.2 Å². The van der Waals surface area contributed by atoms with Crippen LogP contribution >= 0.6 is 11.3 Å². The van der Waals surface area contributed by atoms with Crippen LogP contribution in [0.5, 0.6) is 0 Å². The summed E-state index contributed by atoms with van der Waals surface area (Å²) in [7, 11) is 0. The number of nitrogens with zero attached hydrogens (tertiary/aromatic N) is 1. The van der Waals surface area contributed by atoms with Crippen LogP contribution in [0, 0.1) is 0 Å². The SMILES string of the molecule is CC12CNCC(C1)c1cc3ncsc3cc12. The molecule has 1 saturated heterocycles. The van der Waals surface area contributed by atoms with Crippen molar-refractivity contribution in [3.05, 3.63) is 28.8 Å². The van der Waals surface area contributed by atoms with Crippen LogP contribution in [0.15, 0.2) is 17.6 Å². The Morgan fingerprint density at radius 2 is 2.44 bits per heavy atom. The Labute approximate surface area is 98.7 Å². The lowest BCUT2D eigenvalue weighted by atomic mass is 9.82. The van der Waals surface area contributed by atoms with Gasteiger partial charge in [-0.05, 0) is 35.6 Å². The first-order valence-corrected chi connectivity index (χ1v) is 6.73. The predicted molar refractivity (Wildman–Crippen MR) is 67.2 cm³/mol. The molecule has 2 unspecified atom stereocenters. The van der Waals surface area contributed by atoms with Gasteiger partial charge in [-0.2, -0.15) is 0 Å². The molecule has 1 aliphatic heterocycles. The van der Waals surface area contributed by atoms with E-state index >= 15 is 0 Å². The molecule has 82 valence electrons. The van der Waals surface area contributed by atoms with Crippen molar-refractivity contribution in [2.75, 3.05) is 13.1 Å². The fourth-order valence-corrected chi connectivity index (χ4v) is 4.11. The quantitative estimate of drug-likeness (QED) is 0.752. The highest BCUT2D eigenvalue weighted by Crippen LogP contribution is 2.49. The van der Waals surface area contributed by atoms with Gasteiger partial charge in [0.15, 0.2) is 0 Å². The number of benzene rings is 1. The van der Waals surface area contributed by atoms with Crippen molar-refractivity contribution in [2.24, 2.45) is 0 Å². The van der Waals surface area contributed by atoms with E-state index in [1.807, 2.05) is 5.51 Å². The van der Waals surface area contributed by atoms with Gasteiger partial charge >= 0.3 is 0 Å². The highest BCUT2D eigenvalue weighted by Gasteiger charge is 2.43. The monoisotopic (exact) mass is 230 g/mol. The first kappa shape index (κ1) is 9.14. The van der Waals surface area contributed by atoms with E-state index in [0.717, 1.165) is 13.1 Å². The second-order valence-corrected chi connectivity index (χ2v) is 6.24. The van der Waals surface area contributed by atoms with Gasteiger partial charge in [0.1, 0.15) is 0 Å². The number of aromatic nitrogens is 1. The summed E-state index contributed by atoms with van der Waals surface area (Å²) in [5.74, 6) is 0.708. The summed E-state index contributed by atoms with van der Waals surface area (Å²) in [6.45, 7) is 4.66. The fraction of sp³-hybridized carbons (Fsp3) is 0.462. The molecule has 2 aromatic rings. The first-order chi connectivity index (χ1) is 7.76. The third kappa shape index (κ3) is 1.03. The molecule has 0 spiro atoms. The summed E-state index contributed by atoms with van der Waals surface area (Å²) < 4.78 is 1.34. The van der Waals surface area contributed by atoms with Gasteiger partial charge in [0.05, 0.1) is 15.7 Å². The second-order valence-electron chi connectivity index (χ2n) is 5.35. The highest BCUT2D eigenvalue weighted by molar-refractivity contribution is 7.16. The largest absolute Gasteiger partial charge is 0.315 e. The molecule has 1 aromatic carbocycles. The molecule has 4 rings (SSSR count). The van der Waals surface area contributed by atoms with E-state index < -0.39 is 0 Å². The summed E-state index contributed by atoms with van der Waals surface area (Å²) in [5.41, 5.74) is 6.61. The zero-order chi connectivity index (χ0) is 10.8. The molecule has 3 heteroatoms. The number of piperidine rings is 1. The average Bonchev–Trinajstić information content (AvgIpc) is 2.80. The van der Waals surface area contributed by atoms with Crippen LogP contribution in [-0.4, -0.2) is 18.1 Å². The Bertz CT molecular complexity index is 574. The number of rotatable bonds is 0. The Kier molecular flexibility index (Phi) is 1.62. The van der Waals surface area contributed by atoms with Crippen LogP contribution in [0.4, 0.5) is 0 Å². The van der Waals surface area contributed by atoms with Gasteiger partial charge in [0.2, 0.25) is 0 Å². The van der Waals surface area contributed by atoms with Gasteiger partial charge in [-0.3, -0.25) is 0 Å². The lowest BCUT2D eigenvalue weighted by molar-refractivity contribution is 0.346. The molecule has 2 bridgehead atoms. The summed E-state index contributed by atoms with van der Waals surface area (Å²) >= 11 is 1.75. The van der Waals surface area contributed by atoms with Crippen LogP contribution < -0.4 is 5.32 Å². The number of nitrogens with one attached hydrogen (secondary N) is 1. The van der Waals surface area contributed by atoms with E-state index in [1.54, 1.807) is 22.5 Å². The third-order valence-electron chi connectivity index (χ3n) is 4.20. The fourth-order valence-electron chi connectivity index (χ4n) is 3.42. The lowest BCUT2D eigenvalue weighted by Gasteiger charge is -2.30. The van der Waals surface area contributed by atoms with Crippen molar-refractivity contribution in [1.82, 2.24) is 10.3 Å². The van der Waals surface area contributed by atoms with E-state index in [-0.39, 0.29) is 0 Å². The highest BCUT2D eigenvalue weighted by atomic mass is 32.1. The molecule has 1 N–H and O–H groups in total. The zero-order valence-electron chi connectivity index (χ0n) is 9.29. The van der Waals surface area contributed by atoms with Crippen molar-refractivity contribution in [2.45, 2.75) is 24.7 Å². The average molecular weight is 230 g/mol. The smallest absolute Gasteiger partial charge is 0.0815 e. The minimum absolute atomic E-state index is 0.358. The van der Waals surface area contributed by atoms with Gasteiger partial charge in [0, 0.05) is 18.5 Å². The minimum atomic E-state index is 0.358. The molecule has 2 aliphatic rings. The molecule has 2 atom stereocenters. The molecule has 0 saturated carbocycles. The van der Waals surface area contributed by atoms with Gasteiger partial charge in [-0.15, -0.1) is 11.3 Å². The standard InChI is InChI=1S/C13H14N2S/c1-13-4-8(5-14-6-13)9-2-11-12(3-10(9)13)16-7-15-11/h2-3,7-8,14H,4-6H2,1H3. The molecular formula is C13H14N2S. The maximum absolute atomic E-state index is 4.43. The number of hydrogen-bond donors (Lipinski definition) is 1. The third-order valence-corrected chi connectivity index (χ3v) is 4.99. The maximum atomic E-state index is 4.43. The minimum Gasteiger partial charge on any atom is -0.315 e. The van der Waals surface area contributed by atoms with Gasteiger partial charge < -0.3 is 5.32 Å². The van der Waals surface area contributed by atoms with Crippen molar-refractivity contribution >= 4 is 21.6 Å². The van der Waals surface area contributed by atoms with Crippen LogP contribution in [-0.2, 0) is 5.41 Å². The Morgan fingerprint density at radius 3 is 3.38 bits per heavy atom. The van der Waals surface area contributed by atoms with Gasteiger partial charge in [-0.25, -0.2) is 4.98 Å². The zero-order valence-corrected chi connectivity index (χ0v) is 10.1. The van der Waals surface area contributed by atoms with E-state index in [2.05, 4.69) is 29.4 Å². The second kappa shape index (κ2) is 2.84. The van der Waals surface area contributed by atoms with Gasteiger partial charge in [-0.1, -0.05) is 6.92 Å². The number of fused-ring (bicyclic) bond motifs is 6. The van der Waals surface area contributed by atoms with Crippen LogP contribution in [0.3, 0.4) is 0 Å². The topological polar surface area (TPSA) is 24.9 Å². The molecule has 2 nitrogen and oxygen atoms in total. The van der Waals surface area contributed by atoms with E-state index in [4.69, 9.17) is 0 Å². The number of hydrogen-bond acceptors (Lipinski definition) is 3. The molecule has 1 aliphatic carbocycles. The lowest BCUT2D eigenvalue weighted by Crippen LogP contribution is -2.39. The van der Waals surface area contributed by atoms with Crippen LogP contribution in [0.1, 0.15) is 30.4 Å². The van der Waals surface area contributed by atoms with E-state index in [0.29, 0.717) is 11.3 Å². The van der Waals surface area contributed by atoms with Crippen molar-refractivity contribution in [3.63, 3.8) is 0 Å². The van der Waals surface area contributed by atoms with Crippen molar-refractivity contribution in [1.29, 1.82) is 0 Å². The summed E-state index contributed by atoms with van der Waals surface area (Å²) in [5, 5.41) is 3.56. The Balaban J connectivity index is 2.05. The van der Waals surface area contributed by atoms with Crippen molar-refractivity contribution < 1.29 is 0 Å². The van der Waals surface area contributed by atoms with Crippen molar-refractivity contribution in [3.8, 4) is 0 Å². The molecule has 0 amide bonds. The van der Waals surface area contributed by atoms with E-state index in [1.165, 1.54) is 16.6 Å².